The third-order valence-electron chi connectivity index (χ3n) is 2.37. The minimum atomic E-state index is -0.426. The van der Waals surface area contributed by atoms with Gasteiger partial charge in [-0.05, 0) is 12.1 Å². The SMILES string of the molecule is CN(Cc1c(F)cccc1Cl)C(=O)COCCN. The summed E-state index contributed by atoms with van der Waals surface area (Å²) < 4.78 is 18.5. The number of nitrogens with two attached hydrogens (primary N) is 1. The highest BCUT2D eigenvalue weighted by molar-refractivity contribution is 6.31. The predicted octanol–water partition coefficient (Wildman–Crippen LogP) is 1.41. The molecule has 1 aromatic carbocycles. The Morgan fingerprint density at radius 2 is 2.28 bits per heavy atom. The summed E-state index contributed by atoms with van der Waals surface area (Å²) in [6, 6.07) is 4.42. The highest BCUT2D eigenvalue weighted by Gasteiger charge is 2.14. The molecule has 4 nitrogen and oxygen atoms in total. The van der Waals surface area contributed by atoms with E-state index < -0.39 is 5.82 Å². The van der Waals surface area contributed by atoms with Crippen LogP contribution in [-0.2, 0) is 16.1 Å². The summed E-state index contributed by atoms with van der Waals surface area (Å²) in [6.45, 7) is 0.715. The molecule has 1 rings (SSSR count). The van der Waals surface area contributed by atoms with Gasteiger partial charge in [-0.3, -0.25) is 4.79 Å². The number of ether oxygens (including phenoxy) is 1. The minimum absolute atomic E-state index is 0.0697. The van der Waals surface area contributed by atoms with Gasteiger partial charge >= 0.3 is 0 Å². The van der Waals surface area contributed by atoms with E-state index in [0.29, 0.717) is 23.7 Å². The highest BCUT2D eigenvalue weighted by Crippen LogP contribution is 2.20. The van der Waals surface area contributed by atoms with Gasteiger partial charge in [0, 0.05) is 30.7 Å². The zero-order chi connectivity index (χ0) is 13.5. The summed E-state index contributed by atoms with van der Waals surface area (Å²) in [4.78, 5) is 13.0. The Labute approximate surface area is 110 Å². The van der Waals surface area contributed by atoms with Crippen molar-refractivity contribution in [3.8, 4) is 0 Å². The van der Waals surface area contributed by atoms with Crippen molar-refractivity contribution >= 4 is 17.5 Å². The lowest BCUT2D eigenvalue weighted by molar-refractivity contribution is -0.135. The summed E-state index contributed by atoms with van der Waals surface area (Å²) >= 11 is 5.88. The standard InChI is InChI=1S/C12H16ClFN2O2/c1-16(12(17)8-18-6-5-15)7-9-10(13)3-2-4-11(9)14/h2-4H,5-8,15H2,1H3. The molecule has 0 saturated heterocycles. The Balaban J connectivity index is 2.58. The molecule has 0 aliphatic carbocycles. The van der Waals surface area contributed by atoms with Gasteiger partial charge in [0.2, 0.25) is 5.91 Å². The van der Waals surface area contributed by atoms with Gasteiger partial charge in [-0.25, -0.2) is 4.39 Å². The Kier molecular flexibility index (Phi) is 6.04. The van der Waals surface area contributed by atoms with Gasteiger partial charge in [0.25, 0.3) is 0 Å². The molecule has 1 amide bonds. The van der Waals surface area contributed by atoms with Crippen molar-refractivity contribution < 1.29 is 13.9 Å². The van der Waals surface area contributed by atoms with Crippen molar-refractivity contribution in [1.82, 2.24) is 4.90 Å². The van der Waals surface area contributed by atoms with Crippen LogP contribution in [0, 0.1) is 5.82 Å². The zero-order valence-electron chi connectivity index (χ0n) is 10.2. The van der Waals surface area contributed by atoms with E-state index in [4.69, 9.17) is 22.1 Å². The van der Waals surface area contributed by atoms with Crippen LogP contribution in [0.1, 0.15) is 5.56 Å². The van der Waals surface area contributed by atoms with Crippen LogP contribution in [0.2, 0.25) is 5.02 Å². The van der Waals surface area contributed by atoms with Gasteiger partial charge in [0.15, 0.2) is 0 Å². The first-order valence-corrected chi connectivity index (χ1v) is 5.88. The summed E-state index contributed by atoms with van der Waals surface area (Å²) in [6.07, 6.45) is 0. The van der Waals surface area contributed by atoms with Crippen LogP contribution in [0.3, 0.4) is 0 Å². The number of hydrogen-bond donors (Lipinski definition) is 1. The molecule has 0 radical (unpaired) electrons. The number of nitrogens with zero attached hydrogens (tertiary/aromatic N) is 1. The fraction of sp³-hybridized carbons (Fsp3) is 0.417. The van der Waals surface area contributed by atoms with Crippen LogP contribution >= 0.6 is 11.6 Å². The molecule has 0 spiro atoms. The number of halogens is 2. The first kappa shape index (κ1) is 14.9. The van der Waals surface area contributed by atoms with Crippen molar-refractivity contribution in [2.24, 2.45) is 5.73 Å². The molecule has 100 valence electrons. The first-order valence-electron chi connectivity index (χ1n) is 5.51. The molecule has 18 heavy (non-hydrogen) atoms. The lowest BCUT2D eigenvalue weighted by atomic mass is 10.2. The van der Waals surface area contributed by atoms with Crippen LogP contribution in [0.4, 0.5) is 4.39 Å². The summed E-state index contributed by atoms with van der Waals surface area (Å²) in [7, 11) is 1.57. The van der Waals surface area contributed by atoms with Gasteiger partial charge in [0.05, 0.1) is 6.61 Å². The monoisotopic (exact) mass is 274 g/mol. The van der Waals surface area contributed by atoms with E-state index in [0.717, 1.165) is 0 Å². The van der Waals surface area contributed by atoms with E-state index in [1.54, 1.807) is 13.1 Å². The van der Waals surface area contributed by atoms with Crippen molar-refractivity contribution in [2.75, 3.05) is 26.8 Å². The molecule has 0 saturated carbocycles. The number of hydrogen-bond acceptors (Lipinski definition) is 3. The number of amides is 1. The molecule has 0 atom stereocenters. The quantitative estimate of drug-likeness (QED) is 0.798. The van der Waals surface area contributed by atoms with Crippen molar-refractivity contribution in [3.63, 3.8) is 0 Å². The molecule has 6 heteroatoms. The smallest absolute Gasteiger partial charge is 0.248 e. The normalized spacial score (nSPS) is 10.4. The molecule has 0 fully saturated rings. The lowest BCUT2D eigenvalue weighted by Crippen LogP contribution is -2.31. The van der Waals surface area contributed by atoms with E-state index in [2.05, 4.69) is 0 Å². The number of carbonyl (C=O) groups excluding carboxylic acids is 1. The number of rotatable bonds is 6. The Hall–Kier alpha value is -1.17. The van der Waals surface area contributed by atoms with Gasteiger partial charge in [-0.1, -0.05) is 17.7 Å². The molecular weight excluding hydrogens is 259 g/mol. The van der Waals surface area contributed by atoms with Gasteiger partial charge in [-0.15, -0.1) is 0 Å². The van der Waals surface area contributed by atoms with Gasteiger partial charge in [-0.2, -0.15) is 0 Å². The van der Waals surface area contributed by atoms with Gasteiger partial charge < -0.3 is 15.4 Å². The highest BCUT2D eigenvalue weighted by atomic mass is 35.5. The van der Waals surface area contributed by atoms with E-state index in [1.165, 1.54) is 17.0 Å². The second-order valence-electron chi connectivity index (χ2n) is 3.79. The number of carbonyl (C=O) groups is 1. The Morgan fingerprint density at radius 3 is 2.89 bits per heavy atom. The molecule has 0 aromatic heterocycles. The molecule has 0 unspecified atom stereocenters. The Bertz CT molecular complexity index is 395. The average molecular weight is 275 g/mol. The molecule has 1 aromatic rings. The van der Waals surface area contributed by atoms with E-state index >= 15 is 0 Å². The van der Waals surface area contributed by atoms with Crippen LogP contribution in [0.25, 0.3) is 0 Å². The minimum Gasteiger partial charge on any atom is -0.370 e. The predicted molar refractivity (Wildman–Crippen MR) is 67.8 cm³/mol. The van der Waals surface area contributed by atoms with Crippen molar-refractivity contribution in [3.05, 3.63) is 34.6 Å². The van der Waals surface area contributed by atoms with Crippen molar-refractivity contribution in [1.29, 1.82) is 0 Å². The number of likely N-dealkylation sites (N-methyl/N-ethyl adjacent to an activating group) is 1. The second-order valence-corrected chi connectivity index (χ2v) is 4.20. The molecule has 0 aliphatic rings. The molecule has 0 aliphatic heterocycles. The van der Waals surface area contributed by atoms with Crippen LogP contribution in [0.15, 0.2) is 18.2 Å². The van der Waals surface area contributed by atoms with E-state index in [1.807, 2.05) is 0 Å². The topological polar surface area (TPSA) is 55.6 Å². The maximum Gasteiger partial charge on any atom is 0.248 e. The third-order valence-corrected chi connectivity index (χ3v) is 2.72. The lowest BCUT2D eigenvalue weighted by Gasteiger charge is -2.18. The molecule has 2 N–H and O–H groups in total. The third kappa shape index (κ3) is 4.25. The van der Waals surface area contributed by atoms with E-state index in [-0.39, 0.29) is 19.1 Å². The van der Waals surface area contributed by atoms with Crippen LogP contribution in [0.5, 0.6) is 0 Å². The van der Waals surface area contributed by atoms with Crippen LogP contribution < -0.4 is 5.73 Å². The van der Waals surface area contributed by atoms with Crippen LogP contribution in [-0.4, -0.2) is 37.6 Å². The number of benzene rings is 1. The van der Waals surface area contributed by atoms with Gasteiger partial charge in [0.1, 0.15) is 12.4 Å². The maximum absolute atomic E-state index is 13.5. The zero-order valence-corrected chi connectivity index (χ0v) is 10.9. The molecule has 0 bridgehead atoms. The fourth-order valence-electron chi connectivity index (χ4n) is 1.36. The molecule has 0 heterocycles. The first-order chi connectivity index (χ1) is 8.56. The summed E-state index contributed by atoms with van der Waals surface area (Å²) in [5.41, 5.74) is 5.54. The summed E-state index contributed by atoms with van der Waals surface area (Å²) in [5, 5.41) is 0.303. The Morgan fingerprint density at radius 1 is 1.56 bits per heavy atom. The second kappa shape index (κ2) is 7.31. The molecular formula is C12H16ClFN2O2. The summed E-state index contributed by atoms with van der Waals surface area (Å²) in [5.74, 6) is -0.673. The van der Waals surface area contributed by atoms with E-state index in [9.17, 15) is 9.18 Å². The van der Waals surface area contributed by atoms with Crippen molar-refractivity contribution in [2.45, 2.75) is 6.54 Å². The maximum atomic E-state index is 13.5. The fourth-order valence-corrected chi connectivity index (χ4v) is 1.58. The average Bonchev–Trinajstić information content (AvgIpc) is 2.34. The largest absolute Gasteiger partial charge is 0.370 e.